The van der Waals surface area contributed by atoms with Gasteiger partial charge < -0.3 is 10.6 Å². The van der Waals surface area contributed by atoms with Crippen LogP contribution in [0, 0.1) is 5.82 Å². The lowest BCUT2D eigenvalue weighted by Gasteiger charge is -2.20. The summed E-state index contributed by atoms with van der Waals surface area (Å²) in [5.74, 6) is 0.173. The largest absolute Gasteiger partial charge is 0.370 e. The Morgan fingerprint density at radius 2 is 2.00 bits per heavy atom. The van der Waals surface area contributed by atoms with Gasteiger partial charge >= 0.3 is 0 Å². The van der Waals surface area contributed by atoms with Crippen LogP contribution in [0.1, 0.15) is 31.4 Å². The van der Waals surface area contributed by atoms with Crippen molar-refractivity contribution in [2.75, 3.05) is 13.1 Å². The van der Waals surface area contributed by atoms with Gasteiger partial charge in [-0.15, -0.1) is 24.0 Å². The third-order valence-electron chi connectivity index (χ3n) is 3.16. The first kappa shape index (κ1) is 16.1. The van der Waals surface area contributed by atoms with Crippen LogP contribution in [0.15, 0.2) is 23.3 Å². The number of hydrogen-bond acceptors (Lipinski definition) is 2. The van der Waals surface area contributed by atoms with E-state index in [-0.39, 0.29) is 36.3 Å². The van der Waals surface area contributed by atoms with E-state index in [0.717, 1.165) is 25.9 Å². The van der Waals surface area contributed by atoms with Gasteiger partial charge in [-0.05, 0) is 25.0 Å². The molecule has 0 bridgehead atoms. The van der Waals surface area contributed by atoms with Crippen molar-refractivity contribution in [3.05, 3.63) is 29.8 Å². The molecular weight excluding hydrogens is 358 g/mol. The highest BCUT2D eigenvalue weighted by Crippen LogP contribution is 2.10. The standard InChI is InChI=1S/C13H19FN4.HI/c14-11-6-5-7-16-12(11)10-17-13(15)18-8-3-1-2-4-9-18;/h5-7H,1-4,8-10H2,(H2,15,17);1H. The second-order valence-electron chi connectivity index (χ2n) is 4.51. The normalized spacial score (nSPS) is 16.7. The minimum absolute atomic E-state index is 0. The van der Waals surface area contributed by atoms with Gasteiger partial charge in [0.1, 0.15) is 5.82 Å². The van der Waals surface area contributed by atoms with Crippen LogP contribution in [0.3, 0.4) is 0 Å². The Kier molecular flexibility index (Phi) is 7.04. The molecule has 1 aromatic rings. The minimum atomic E-state index is -0.329. The van der Waals surface area contributed by atoms with Crippen molar-refractivity contribution in [1.82, 2.24) is 9.88 Å². The van der Waals surface area contributed by atoms with Gasteiger partial charge in [0, 0.05) is 19.3 Å². The lowest BCUT2D eigenvalue weighted by atomic mass is 10.2. The maximum absolute atomic E-state index is 13.4. The van der Waals surface area contributed by atoms with E-state index in [0.29, 0.717) is 11.7 Å². The summed E-state index contributed by atoms with van der Waals surface area (Å²) in [5, 5.41) is 0. The third kappa shape index (κ3) is 4.93. The van der Waals surface area contributed by atoms with E-state index < -0.39 is 0 Å². The van der Waals surface area contributed by atoms with Gasteiger partial charge in [0.2, 0.25) is 0 Å². The molecule has 0 unspecified atom stereocenters. The predicted octanol–water partition coefficient (Wildman–Crippen LogP) is 2.53. The molecule has 1 aliphatic rings. The molecule has 1 aromatic heterocycles. The molecule has 1 saturated heterocycles. The molecule has 0 radical (unpaired) electrons. The molecule has 0 saturated carbocycles. The highest BCUT2D eigenvalue weighted by atomic mass is 127. The summed E-state index contributed by atoms with van der Waals surface area (Å²) in [6.45, 7) is 2.09. The number of aliphatic imine (C=N–C) groups is 1. The summed E-state index contributed by atoms with van der Waals surface area (Å²) in [7, 11) is 0. The molecule has 6 heteroatoms. The average molecular weight is 378 g/mol. The number of guanidine groups is 1. The summed E-state index contributed by atoms with van der Waals surface area (Å²) < 4.78 is 13.4. The summed E-state index contributed by atoms with van der Waals surface area (Å²) in [5.41, 5.74) is 6.28. The van der Waals surface area contributed by atoms with E-state index in [1.165, 1.54) is 18.9 Å². The van der Waals surface area contributed by atoms with Crippen LogP contribution in [0.2, 0.25) is 0 Å². The molecule has 2 N–H and O–H groups in total. The number of hydrogen-bond donors (Lipinski definition) is 1. The molecule has 4 nitrogen and oxygen atoms in total. The van der Waals surface area contributed by atoms with Crippen LogP contribution >= 0.6 is 24.0 Å². The number of nitrogens with zero attached hydrogens (tertiary/aromatic N) is 3. The maximum atomic E-state index is 13.4. The lowest BCUT2D eigenvalue weighted by Crippen LogP contribution is -2.38. The van der Waals surface area contributed by atoms with Crippen molar-refractivity contribution in [3.63, 3.8) is 0 Å². The van der Waals surface area contributed by atoms with Crippen LogP contribution in [0.5, 0.6) is 0 Å². The van der Waals surface area contributed by atoms with Gasteiger partial charge in [-0.25, -0.2) is 9.38 Å². The lowest BCUT2D eigenvalue weighted by molar-refractivity contribution is 0.428. The van der Waals surface area contributed by atoms with Gasteiger partial charge in [-0.1, -0.05) is 12.8 Å². The summed E-state index contributed by atoms with van der Waals surface area (Å²) in [4.78, 5) is 10.3. The minimum Gasteiger partial charge on any atom is -0.370 e. The van der Waals surface area contributed by atoms with Gasteiger partial charge in [-0.2, -0.15) is 0 Å². The topological polar surface area (TPSA) is 54.5 Å². The van der Waals surface area contributed by atoms with Crippen LogP contribution in [0.4, 0.5) is 4.39 Å². The molecule has 0 atom stereocenters. The Morgan fingerprint density at radius 1 is 1.32 bits per heavy atom. The van der Waals surface area contributed by atoms with Crippen LogP contribution < -0.4 is 5.73 Å². The highest BCUT2D eigenvalue weighted by Gasteiger charge is 2.11. The van der Waals surface area contributed by atoms with E-state index in [2.05, 4.69) is 14.9 Å². The van der Waals surface area contributed by atoms with E-state index >= 15 is 0 Å². The van der Waals surface area contributed by atoms with Gasteiger partial charge in [0.25, 0.3) is 0 Å². The molecule has 1 aliphatic heterocycles. The molecule has 2 rings (SSSR count). The zero-order valence-corrected chi connectivity index (χ0v) is 13.2. The fourth-order valence-electron chi connectivity index (χ4n) is 2.09. The summed E-state index contributed by atoms with van der Waals surface area (Å²) >= 11 is 0. The number of likely N-dealkylation sites (tertiary alicyclic amines) is 1. The molecule has 0 amide bonds. The SMILES string of the molecule is I.NC(=NCc1ncccc1F)N1CCCCCC1. The fourth-order valence-corrected chi connectivity index (χ4v) is 2.09. The summed E-state index contributed by atoms with van der Waals surface area (Å²) in [6.07, 6.45) is 6.36. The van der Waals surface area contributed by atoms with E-state index in [1.807, 2.05) is 0 Å². The first-order valence-corrected chi connectivity index (χ1v) is 6.41. The first-order valence-electron chi connectivity index (χ1n) is 6.41. The number of nitrogens with two attached hydrogens (primary N) is 1. The molecule has 1 fully saturated rings. The first-order chi connectivity index (χ1) is 8.77. The Hall–Kier alpha value is -0.920. The Bertz CT molecular complexity index is 417. The van der Waals surface area contributed by atoms with Gasteiger partial charge in [-0.3, -0.25) is 4.98 Å². The van der Waals surface area contributed by atoms with E-state index in [9.17, 15) is 4.39 Å². The van der Waals surface area contributed by atoms with E-state index in [1.54, 1.807) is 12.3 Å². The quantitative estimate of drug-likeness (QED) is 0.489. The zero-order valence-electron chi connectivity index (χ0n) is 10.9. The van der Waals surface area contributed by atoms with Crippen molar-refractivity contribution in [3.8, 4) is 0 Å². The smallest absolute Gasteiger partial charge is 0.191 e. The number of aromatic nitrogens is 1. The molecule has 2 heterocycles. The van der Waals surface area contributed by atoms with Crippen molar-refractivity contribution >= 4 is 29.9 Å². The summed E-state index contributed by atoms with van der Waals surface area (Å²) in [6, 6.07) is 2.96. The second kappa shape index (κ2) is 8.29. The Balaban J connectivity index is 0.00000180. The van der Waals surface area contributed by atoms with Crippen LogP contribution in [-0.4, -0.2) is 28.9 Å². The molecule has 0 aliphatic carbocycles. The predicted molar refractivity (Wildman–Crippen MR) is 85.0 cm³/mol. The van der Waals surface area contributed by atoms with Crippen molar-refractivity contribution in [2.45, 2.75) is 32.2 Å². The fraction of sp³-hybridized carbons (Fsp3) is 0.538. The number of pyridine rings is 1. The van der Waals surface area contributed by atoms with Gasteiger partial charge in [0.15, 0.2) is 5.96 Å². The molecular formula is C13H20FIN4. The van der Waals surface area contributed by atoms with Crippen molar-refractivity contribution < 1.29 is 4.39 Å². The zero-order chi connectivity index (χ0) is 12.8. The Labute approximate surface area is 130 Å². The second-order valence-corrected chi connectivity index (χ2v) is 4.51. The Morgan fingerprint density at radius 3 is 2.63 bits per heavy atom. The third-order valence-corrected chi connectivity index (χ3v) is 3.16. The van der Waals surface area contributed by atoms with Crippen molar-refractivity contribution in [1.29, 1.82) is 0 Å². The van der Waals surface area contributed by atoms with Gasteiger partial charge in [0.05, 0.1) is 12.2 Å². The number of rotatable bonds is 2. The molecule has 0 spiro atoms. The monoisotopic (exact) mass is 378 g/mol. The van der Waals surface area contributed by atoms with Crippen molar-refractivity contribution in [2.24, 2.45) is 10.7 Å². The average Bonchev–Trinajstić information content (AvgIpc) is 2.66. The number of halogens is 2. The van der Waals surface area contributed by atoms with Crippen LogP contribution in [0.25, 0.3) is 0 Å². The molecule has 0 aromatic carbocycles. The van der Waals surface area contributed by atoms with E-state index in [4.69, 9.17) is 5.73 Å². The highest BCUT2D eigenvalue weighted by molar-refractivity contribution is 14.0. The molecule has 19 heavy (non-hydrogen) atoms. The van der Waals surface area contributed by atoms with Crippen LogP contribution in [-0.2, 0) is 6.54 Å². The molecule has 106 valence electrons. The maximum Gasteiger partial charge on any atom is 0.191 e.